The zero-order valence-electron chi connectivity index (χ0n) is 8.92. The van der Waals surface area contributed by atoms with E-state index < -0.39 is 34.9 Å². The Morgan fingerprint density at radius 3 is 1.31 bits per heavy atom. The summed E-state index contributed by atoms with van der Waals surface area (Å²) >= 11 is 0. The van der Waals surface area contributed by atoms with Crippen LogP contribution < -0.4 is 0 Å². The molecule has 11 heteroatoms. The molecule has 98 valence electrons. The lowest BCUT2D eigenvalue weighted by atomic mass is 11.0. The second-order valence-corrected chi connectivity index (χ2v) is 10.7. The van der Waals surface area contributed by atoms with E-state index in [2.05, 4.69) is 0 Å². The van der Waals surface area contributed by atoms with Crippen molar-refractivity contribution in [3.63, 3.8) is 0 Å². The highest BCUT2D eigenvalue weighted by Crippen LogP contribution is 2.45. The van der Waals surface area contributed by atoms with Crippen molar-refractivity contribution in [1.29, 1.82) is 0 Å². The molecule has 0 unspecified atom stereocenters. The second kappa shape index (κ2) is 5.42. The molecule has 0 atom stereocenters. The van der Waals surface area contributed by atoms with Gasteiger partial charge in [-0.05, 0) is 13.3 Å². The molecule has 0 radical (unpaired) electrons. The maximum atomic E-state index is 11.4. The Morgan fingerprint density at radius 2 is 1.12 bits per heavy atom. The van der Waals surface area contributed by atoms with E-state index in [1.54, 1.807) is 0 Å². The van der Waals surface area contributed by atoms with E-state index in [4.69, 9.17) is 19.6 Å². The molecule has 0 saturated heterocycles. The third kappa shape index (κ3) is 11.0. The topological polar surface area (TPSA) is 135 Å². The fourth-order valence-electron chi connectivity index (χ4n) is 1.14. The summed E-state index contributed by atoms with van der Waals surface area (Å²) in [5.41, 5.74) is 0. The smallest absolute Gasteiger partial charge is 0.324 e. The summed E-state index contributed by atoms with van der Waals surface area (Å²) in [6.45, 7) is 2.75. The zero-order chi connectivity index (χ0) is 13.2. The summed E-state index contributed by atoms with van der Waals surface area (Å²) < 4.78 is 32.9. The number of hydrogen-bond donors (Lipinski definition) is 4. The lowest BCUT2D eigenvalue weighted by molar-refractivity contribution is 0.298. The van der Waals surface area contributed by atoms with Gasteiger partial charge in [0, 0.05) is 0 Å². The van der Waals surface area contributed by atoms with Crippen LogP contribution >= 0.6 is 22.3 Å². The average molecular weight is 295 g/mol. The van der Waals surface area contributed by atoms with Gasteiger partial charge >= 0.3 is 15.2 Å². The maximum absolute atomic E-state index is 11.4. The highest BCUT2D eigenvalue weighted by atomic mass is 31.2. The van der Waals surface area contributed by atoms with E-state index in [9.17, 15) is 13.7 Å². The molecule has 0 aromatic carbocycles. The van der Waals surface area contributed by atoms with Crippen LogP contribution in [0.5, 0.6) is 0 Å². The molecule has 0 spiro atoms. The lowest BCUT2D eigenvalue weighted by Crippen LogP contribution is -2.27. The molecule has 0 bridgehead atoms. The first-order valence-electron chi connectivity index (χ1n) is 4.14. The Bertz CT molecular complexity index is 307. The first-order valence-corrected chi connectivity index (χ1v) is 10.5. The Kier molecular flexibility index (Phi) is 5.59. The number of hydrogen-bond acceptors (Lipinski definition) is 4. The molecular weight excluding hydrogens is 279 g/mol. The van der Waals surface area contributed by atoms with Gasteiger partial charge in [-0.15, -0.1) is 0 Å². The SMILES string of the molecule is CP(C)(=O)CN(CP(=O)(O)O)CP(=O)(O)O. The van der Waals surface area contributed by atoms with Crippen LogP contribution in [-0.4, -0.2) is 56.7 Å². The Hall–Kier alpha value is 0.490. The quantitative estimate of drug-likeness (QED) is 0.508. The fourth-order valence-corrected chi connectivity index (χ4v) is 4.22. The van der Waals surface area contributed by atoms with E-state index >= 15 is 0 Å². The predicted molar refractivity (Wildman–Crippen MR) is 60.0 cm³/mol. The molecule has 0 aliphatic heterocycles. The van der Waals surface area contributed by atoms with Crippen molar-refractivity contribution >= 4 is 22.3 Å². The molecule has 0 fully saturated rings. The molecule has 0 heterocycles. The Morgan fingerprint density at radius 1 is 0.812 bits per heavy atom. The maximum Gasteiger partial charge on any atom is 0.339 e. The molecule has 0 aliphatic rings. The van der Waals surface area contributed by atoms with Gasteiger partial charge in [0.15, 0.2) is 0 Å². The average Bonchev–Trinajstić information content (AvgIpc) is 1.70. The van der Waals surface area contributed by atoms with Crippen molar-refractivity contribution in [3.05, 3.63) is 0 Å². The Balaban J connectivity index is 4.72. The third-order valence-electron chi connectivity index (χ3n) is 1.31. The van der Waals surface area contributed by atoms with Crippen LogP contribution in [0.1, 0.15) is 0 Å². The monoisotopic (exact) mass is 295 g/mol. The third-order valence-corrected chi connectivity index (χ3v) is 3.93. The van der Waals surface area contributed by atoms with Crippen molar-refractivity contribution in [1.82, 2.24) is 4.90 Å². The molecule has 0 amide bonds. The van der Waals surface area contributed by atoms with Crippen LogP contribution in [0, 0.1) is 0 Å². The van der Waals surface area contributed by atoms with Gasteiger partial charge in [-0.25, -0.2) is 0 Å². The molecule has 8 nitrogen and oxygen atoms in total. The van der Waals surface area contributed by atoms with E-state index in [-0.39, 0.29) is 6.29 Å². The largest absolute Gasteiger partial charge is 0.339 e. The van der Waals surface area contributed by atoms with Gasteiger partial charge in [0.05, 0.1) is 13.4 Å². The van der Waals surface area contributed by atoms with Crippen LogP contribution in [0.3, 0.4) is 0 Å². The molecule has 4 N–H and O–H groups in total. The molecule has 16 heavy (non-hydrogen) atoms. The first kappa shape index (κ1) is 16.5. The van der Waals surface area contributed by atoms with Gasteiger partial charge in [-0.3, -0.25) is 14.0 Å². The molecule has 0 rings (SSSR count). The summed E-state index contributed by atoms with van der Waals surface area (Å²) in [6.07, 6.45) is -1.88. The summed E-state index contributed by atoms with van der Waals surface area (Å²) in [7, 11) is -11.5. The van der Waals surface area contributed by atoms with Crippen LogP contribution in [0.2, 0.25) is 0 Å². The second-order valence-electron chi connectivity index (χ2n) is 4.00. The molecule has 0 aliphatic carbocycles. The van der Waals surface area contributed by atoms with Crippen LogP contribution in [0.25, 0.3) is 0 Å². The minimum atomic E-state index is -4.43. The minimum Gasteiger partial charge on any atom is -0.324 e. The summed E-state index contributed by atoms with van der Waals surface area (Å²) in [5.74, 6) is 0. The van der Waals surface area contributed by atoms with E-state index in [0.717, 1.165) is 4.90 Å². The highest BCUT2D eigenvalue weighted by molar-refractivity contribution is 7.62. The van der Waals surface area contributed by atoms with Crippen molar-refractivity contribution in [2.24, 2.45) is 0 Å². The van der Waals surface area contributed by atoms with Gasteiger partial charge in [-0.1, -0.05) is 0 Å². The molecule has 0 aromatic rings. The van der Waals surface area contributed by atoms with Crippen molar-refractivity contribution < 1.29 is 33.3 Å². The highest BCUT2D eigenvalue weighted by Gasteiger charge is 2.28. The van der Waals surface area contributed by atoms with Gasteiger partial charge in [-0.2, -0.15) is 0 Å². The molecule has 0 aromatic heterocycles. The van der Waals surface area contributed by atoms with Gasteiger partial charge in [0.1, 0.15) is 12.6 Å². The van der Waals surface area contributed by atoms with Gasteiger partial charge in [0.2, 0.25) is 0 Å². The van der Waals surface area contributed by atoms with Crippen LogP contribution in [0.4, 0.5) is 0 Å². The predicted octanol–water partition coefficient (Wildman–Crippen LogP) is 0.139. The van der Waals surface area contributed by atoms with E-state index in [1.807, 2.05) is 0 Å². The lowest BCUT2D eigenvalue weighted by Gasteiger charge is -2.24. The van der Waals surface area contributed by atoms with Crippen molar-refractivity contribution in [2.75, 3.05) is 32.2 Å². The number of nitrogens with zero attached hydrogens (tertiary/aromatic N) is 1. The first-order chi connectivity index (χ1) is 6.79. The Labute approximate surface area is 93.4 Å². The standard InChI is InChI=1S/C5H16NO7P3/c1-14(2,7)3-6(4-15(8,9)10)5-16(11,12)13/h3-5H2,1-2H3,(H2,8,9,10)(H2,11,12,13). The van der Waals surface area contributed by atoms with Gasteiger partial charge in [0.25, 0.3) is 0 Å². The van der Waals surface area contributed by atoms with Gasteiger partial charge < -0.3 is 24.1 Å². The fraction of sp³-hybridized carbons (Fsp3) is 1.00. The summed E-state index contributed by atoms with van der Waals surface area (Å²) in [4.78, 5) is 35.7. The molecular formula is C5H16NO7P3. The van der Waals surface area contributed by atoms with E-state index in [1.165, 1.54) is 13.3 Å². The summed E-state index contributed by atoms with van der Waals surface area (Å²) in [6, 6.07) is 0. The van der Waals surface area contributed by atoms with Crippen LogP contribution in [-0.2, 0) is 13.7 Å². The molecule has 0 saturated carbocycles. The zero-order valence-corrected chi connectivity index (χ0v) is 11.6. The minimum absolute atomic E-state index is 0.247. The van der Waals surface area contributed by atoms with Crippen molar-refractivity contribution in [3.8, 4) is 0 Å². The number of rotatable bonds is 6. The summed E-state index contributed by atoms with van der Waals surface area (Å²) in [5, 5.41) is 0. The van der Waals surface area contributed by atoms with Crippen LogP contribution in [0.15, 0.2) is 0 Å². The normalized spacial score (nSPS) is 14.4. The van der Waals surface area contributed by atoms with Crippen molar-refractivity contribution in [2.45, 2.75) is 0 Å². The van der Waals surface area contributed by atoms with E-state index in [0.29, 0.717) is 0 Å².